The molecular formula is C24H26F4N2OS. The highest BCUT2D eigenvalue weighted by Crippen LogP contribution is 2.48. The van der Waals surface area contributed by atoms with Crippen molar-refractivity contribution >= 4 is 17.7 Å². The van der Waals surface area contributed by atoms with Crippen molar-refractivity contribution in [2.24, 2.45) is 0 Å². The molecular weight excluding hydrogens is 440 g/mol. The van der Waals surface area contributed by atoms with E-state index in [1.165, 1.54) is 18.2 Å². The summed E-state index contributed by atoms with van der Waals surface area (Å²) in [6.07, 6.45) is 2.13. The average molecular weight is 467 g/mol. The zero-order chi connectivity index (χ0) is 22.9. The smallest absolute Gasteiger partial charge is 0.343 e. The van der Waals surface area contributed by atoms with Crippen LogP contribution in [-0.4, -0.2) is 35.7 Å². The number of nitrogens with one attached hydrogen (secondary N) is 1. The molecule has 1 saturated carbocycles. The van der Waals surface area contributed by atoms with Gasteiger partial charge in [0.15, 0.2) is 0 Å². The van der Waals surface area contributed by atoms with Gasteiger partial charge in [-0.3, -0.25) is 9.69 Å². The summed E-state index contributed by atoms with van der Waals surface area (Å²) in [6.45, 7) is 1.86. The summed E-state index contributed by atoms with van der Waals surface area (Å²) in [4.78, 5) is 16.0. The topological polar surface area (TPSA) is 32.3 Å². The van der Waals surface area contributed by atoms with Crippen LogP contribution in [0.5, 0.6) is 0 Å². The Kier molecular flexibility index (Phi) is 6.54. The van der Waals surface area contributed by atoms with Crippen molar-refractivity contribution in [3.8, 4) is 0 Å². The number of benzene rings is 2. The highest BCUT2D eigenvalue weighted by molar-refractivity contribution is 7.98. The molecule has 2 aliphatic rings. The Morgan fingerprint density at radius 1 is 1.09 bits per heavy atom. The normalized spacial score (nSPS) is 19.4. The van der Waals surface area contributed by atoms with E-state index < -0.39 is 23.7 Å². The molecule has 3 nitrogen and oxygen atoms in total. The number of hydrogen-bond donors (Lipinski definition) is 1. The lowest BCUT2D eigenvalue weighted by Crippen LogP contribution is -2.60. The van der Waals surface area contributed by atoms with Crippen molar-refractivity contribution in [2.45, 2.75) is 54.8 Å². The second kappa shape index (κ2) is 9.06. The van der Waals surface area contributed by atoms with E-state index in [0.29, 0.717) is 5.56 Å². The third kappa shape index (κ3) is 4.39. The van der Waals surface area contributed by atoms with E-state index in [-0.39, 0.29) is 21.8 Å². The molecule has 2 fully saturated rings. The second-order valence-electron chi connectivity index (χ2n) is 8.53. The molecule has 1 heterocycles. The lowest BCUT2D eigenvalue weighted by atomic mass is 9.68. The molecule has 32 heavy (non-hydrogen) atoms. The number of thioether (sulfide) groups is 1. The van der Waals surface area contributed by atoms with Gasteiger partial charge in [-0.15, -0.1) is 11.8 Å². The Labute approximate surface area is 189 Å². The molecule has 0 aromatic heterocycles. The quantitative estimate of drug-likeness (QED) is 0.415. The zero-order valence-corrected chi connectivity index (χ0v) is 18.7. The minimum atomic E-state index is -4.48. The van der Waals surface area contributed by atoms with Crippen LogP contribution in [0.1, 0.15) is 59.6 Å². The molecule has 2 aromatic rings. The van der Waals surface area contributed by atoms with Crippen molar-refractivity contribution in [1.82, 2.24) is 10.2 Å². The predicted molar refractivity (Wildman–Crippen MR) is 117 cm³/mol. The predicted octanol–water partition coefficient (Wildman–Crippen LogP) is 6.06. The number of halogens is 4. The van der Waals surface area contributed by atoms with Crippen molar-refractivity contribution in [1.29, 1.82) is 0 Å². The largest absolute Gasteiger partial charge is 0.416 e. The van der Waals surface area contributed by atoms with Crippen LogP contribution < -0.4 is 5.32 Å². The van der Waals surface area contributed by atoms with Gasteiger partial charge >= 0.3 is 6.18 Å². The summed E-state index contributed by atoms with van der Waals surface area (Å²) in [5, 5.41) is 3.09. The maximum Gasteiger partial charge on any atom is 0.416 e. The van der Waals surface area contributed by atoms with Gasteiger partial charge in [0.2, 0.25) is 0 Å². The van der Waals surface area contributed by atoms with E-state index in [1.54, 1.807) is 12.3 Å². The molecule has 8 heteroatoms. The fraction of sp³-hybridized carbons (Fsp3) is 0.458. The van der Waals surface area contributed by atoms with Crippen LogP contribution in [0.25, 0.3) is 0 Å². The van der Waals surface area contributed by atoms with Crippen LogP contribution in [0.4, 0.5) is 17.6 Å². The van der Waals surface area contributed by atoms with E-state index >= 15 is 0 Å². The van der Waals surface area contributed by atoms with Crippen molar-refractivity contribution in [2.75, 3.05) is 19.3 Å². The van der Waals surface area contributed by atoms with Gasteiger partial charge in [0.05, 0.1) is 17.2 Å². The molecule has 4 rings (SSSR count). The van der Waals surface area contributed by atoms with Crippen LogP contribution in [0.3, 0.4) is 0 Å². The molecule has 1 amide bonds. The van der Waals surface area contributed by atoms with Gasteiger partial charge in [0, 0.05) is 10.4 Å². The third-order valence-corrected chi connectivity index (χ3v) is 7.50. The first kappa shape index (κ1) is 23.1. The van der Waals surface area contributed by atoms with Crippen LogP contribution in [0.2, 0.25) is 0 Å². The van der Waals surface area contributed by atoms with E-state index in [9.17, 15) is 22.4 Å². The van der Waals surface area contributed by atoms with Crippen LogP contribution in [-0.2, 0) is 6.18 Å². The Balaban J connectivity index is 1.69. The minimum absolute atomic E-state index is 0.197. The molecule has 1 atom stereocenters. The third-order valence-electron chi connectivity index (χ3n) is 6.72. The molecule has 1 N–H and O–H groups in total. The molecule has 2 aromatic carbocycles. The number of carbonyl (C=O) groups excluding carboxylic acids is 1. The van der Waals surface area contributed by atoms with Gasteiger partial charge in [-0.05, 0) is 87.3 Å². The molecule has 1 aliphatic carbocycles. The highest BCUT2D eigenvalue weighted by atomic mass is 32.2. The number of carbonyl (C=O) groups is 1. The fourth-order valence-electron chi connectivity index (χ4n) is 4.97. The number of likely N-dealkylation sites (tertiary alicyclic amines) is 1. The Bertz CT molecular complexity index is 984. The van der Waals surface area contributed by atoms with Gasteiger partial charge in [-0.25, -0.2) is 4.39 Å². The molecule has 1 aliphatic heterocycles. The lowest BCUT2D eigenvalue weighted by Gasteiger charge is -2.54. The van der Waals surface area contributed by atoms with Gasteiger partial charge in [0.1, 0.15) is 5.82 Å². The standard InChI is InChI=1S/C24H26F4N2OS/c1-32-20-15-17(24(26,27)28)8-9-19(20)22(31)29-21(16-6-4-7-18(25)14-16)23(10-5-11-23)30-12-2-3-13-30/h4,6-9,14-15,21H,2-3,5,10-13H2,1H3,(H,29,31). The van der Waals surface area contributed by atoms with E-state index in [0.717, 1.165) is 69.1 Å². The molecule has 0 bridgehead atoms. The summed E-state index contributed by atoms with van der Waals surface area (Å²) in [7, 11) is 0. The number of nitrogens with zero attached hydrogens (tertiary/aromatic N) is 1. The molecule has 172 valence electrons. The summed E-state index contributed by atoms with van der Waals surface area (Å²) in [5.74, 6) is -0.820. The van der Waals surface area contributed by atoms with Gasteiger partial charge in [0.25, 0.3) is 5.91 Å². The minimum Gasteiger partial charge on any atom is -0.343 e. The van der Waals surface area contributed by atoms with E-state index in [1.807, 2.05) is 6.07 Å². The SMILES string of the molecule is CSc1cc(C(F)(F)F)ccc1C(=O)NC(c1cccc(F)c1)C1(N2CCCC2)CCC1. The van der Waals surface area contributed by atoms with E-state index in [4.69, 9.17) is 0 Å². The molecule has 0 radical (unpaired) electrons. The fourth-order valence-corrected chi connectivity index (χ4v) is 5.59. The van der Waals surface area contributed by atoms with Gasteiger partial charge in [-0.2, -0.15) is 13.2 Å². The van der Waals surface area contributed by atoms with Crippen LogP contribution >= 0.6 is 11.8 Å². The van der Waals surface area contributed by atoms with Crippen LogP contribution in [0.15, 0.2) is 47.4 Å². The Morgan fingerprint density at radius 3 is 2.38 bits per heavy atom. The van der Waals surface area contributed by atoms with Crippen molar-refractivity contribution in [3.05, 3.63) is 65.0 Å². The van der Waals surface area contributed by atoms with Crippen molar-refractivity contribution < 1.29 is 22.4 Å². The number of rotatable bonds is 6. The number of amides is 1. The maximum atomic E-state index is 14.1. The number of hydrogen-bond acceptors (Lipinski definition) is 3. The van der Waals surface area contributed by atoms with E-state index in [2.05, 4.69) is 10.2 Å². The summed E-state index contributed by atoms with van der Waals surface area (Å²) in [5.41, 5.74) is -0.205. The summed E-state index contributed by atoms with van der Waals surface area (Å²) < 4.78 is 53.5. The van der Waals surface area contributed by atoms with Gasteiger partial charge in [-0.1, -0.05) is 12.1 Å². The first-order valence-electron chi connectivity index (χ1n) is 10.8. The first-order chi connectivity index (χ1) is 15.2. The summed E-state index contributed by atoms with van der Waals surface area (Å²) >= 11 is 1.10. The molecule has 1 saturated heterocycles. The molecule has 0 spiro atoms. The average Bonchev–Trinajstić information content (AvgIpc) is 3.26. The van der Waals surface area contributed by atoms with Gasteiger partial charge < -0.3 is 5.32 Å². The lowest BCUT2D eigenvalue weighted by molar-refractivity contribution is -0.137. The maximum absolute atomic E-state index is 14.1. The summed E-state index contributed by atoms with van der Waals surface area (Å²) in [6, 6.07) is 8.99. The Hall–Kier alpha value is -2.06. The highest BCUT2D eigenvalue weighted by Gasteiger charge is 2.50. The second-order valence-corrected chi connectivity index (χ2v) is 9.37. The van der Waals surface area contributed by atoms with Crippen LogP contribution in [0, 0.1) is 5.82 Å². The molecule has 1 unspecified atom stereocenters. The Morgan fingerprint density at radius 2 is 1.81 bits per heavy atom. The first-order valence-corrected chi connectivity index (χ1v) is 12.0. The monoisotopic (exact) mass is 466 g/mol. The zero-order valence-electron chi connectivity index (χ0n) is 17.8. The van der Waals surface area contributed by atoms with Crippen molar-refractivity contribution in [3.63, 3.8) is 0 Å². The number of alkyl halides is 3.